The van der Waals surface area contributed by atoms with Crippen LogP contribution in [0.2, 0.25) is 0 Å². The molecule has 3 heteroatoms. The lowest BCUT2D eigenvalue weighted by molar-refractivity contribution is -0.167. The zero-order chi connectivity index (χ0) is 24.9. The Labute approximate surface area is 210 Å². The fourth-order valence-corrected chi connectivity index (χ4v) is 10.4. The van der Waals surface area contributed by atoms with E-state index in [9.17, 15) is 10.2 Å². The molecule has 0 bridgehead atoms. The molecule has 3 nitrogen and oxygen atoms in total. The van der Waals surface area contributed by atoms with Gasteiger partial charge in [0.25, 0.3) is 0 Å². The topological polar surface area (TPSA) is 49.7 Å². The zero-order valence-corrected chi connectivity index (χ0v) is 23.1. The number of hydrogen-bond acceptors (Lipinski definition) is 3. The molecule has 0 saturated heterocycles. The summed E-state index contributed by atoms with van der Waals surface area (Å²) in [5, 5.41) is 21.7. The van der Waals surface area contributed by atoms with Gasteiger partial charge in [-0.25, -0.2) is 0 Å². The highest BCUT2D eigenvalue weighted by molar-refractivity contribution is 5.25. The first-order valence-corrected chi connectivity index (χ1v) is 14.5. The monoisotopic (exact) mass is 474 g/mol. The van der Waals surface area contributed by atoms with Crippen molar-refractivity contribution in [3.05, 3.63) is 12.2 Å². The lowest BCUT2D eigenvalue weighted by Crippen LogP contribution is -2.61. The van der Waals surface area contributed by atoms with E-state index in [1.165, 1.54) is 51.4 Å². The van der Waals surface area contributed by atoms with Crippen molar-refractivity contribution in [2.24, 2.45) is 57.7 Å². The summed E-state index contributed by atoms with van der Waals surface area (Å²) in [6.07, 6.45) is 12.3. The first-order valence-electron chi connectivity index (χ1n) is 14.5. The van der Waals surface area contributed by atoms with Gasteiger partial charge in [-0.3, -0.25) is 0 Å². The van der Waals surface area contributed by atoms with Crippen LogP contribution < -0.4 is 0 Å². The molecule has 10 atom stereocenters. The minimum Gasteiger partial charge on any atom is -0.396 e. The minimum absolute atomic E-state index is 0.0299. The Morgan fingerprint density at radius 1 is 1.00 bits per heavy atom. The van der Waals surface area contributed by atoms with Crippen LogP contribution in [-0.2, 0) is 4.74 Å². The zero-order valence-electron chi connectivity index (χ0n) is 23.1. The maximum absolute atomic E-state index is 11.2. The molecule has 4 aliphatic rings. The van der Waals surface area contributed by atoms with Crippen LogP contribution in [0.3, 0.4) is 0 Å². The van der Waals surface area contributed by atoms with E-state index in [1.54, 1.807) is 7.11 Å². The van der Waals surface area contributed by atoms with E-state index in [0.29, 0.717) is 23.9 Å². The van der Waals surface area contributed by atoms with Crippen molar-refractivity contribution in [2.45, 2.75) is 105 Å². The van der Waals surface area contributed by atoms with Crippen molar-refractivity contribution in [3.63, 3.8) is 0 Å². The molecule has 0 amide bonds. The lowest BCUT2D eigenvalue weighted by atomic mass is 9.41. The molecule has 0 radical (unpaired) electrons. The Morgan fingerprint density at radius 2 is 1.71 bits per heavy atom. The van der Waals surface area contributed by atoms with Crippen LogP contribution in [-0.4, -0.2) is 36.6 Å². The first-order chi connectivity index (χ1) is 16.0. The molecule has 2 N–H and O–H groups in total. The third kappa shape index (κ3) is 4.14. The fourth-order valence-electron chi connectivity index (χ4n) is 10.4. The van der Waals surface area contributed by atoms with Gasteiger partial charge in [0.15, 0.2) is 0 Å². The van der Waals surface area contributed by atoms with Crippen molar-refractivity contribution in [1.82, 2.24) is 0 Å². The highest BCUT2D eigenvalue weighted by atomic mass is 16.5. The molecule has 0 heterocycles. The van der Waals surface area contributed by atoms with Gasteiger partial charge in [0.1, 0.15) is 0 Å². The number of methoxy groups -OCH3 is 1. The second kappa shape index (κ2) is 9.82. The van der Waals surface area contributed by atoms with Gasteiger partial charge in [0.05, 0.1) is 19.3 Å². The van der Waals surface area contributed by atoms with Crippen molar-refractivity contribution in [1.29, 1.82) is 0 Å². The Morgan fingerprint density at radius 3 is 2.35 bits per heavy atom. The summed E-state index contributed by atoms with van der Waals surface area (Å²) in [6, 6.07) is 0. The summed E-state index contributed by atoms with van der Waals surface area (Å²) in [7, 11) is 1.69. The van der Waals surface area contributed by atoms with Crippen LogP contribution >= 0.6 is 0 Å². The van der Waals surface area contributed by atoms with E-state index in [-0.39, 0.29) is 12.0 Å². The second-order valence-electron chi connectivity index (χ2n) is 14.2. The van der Waals surface area contributed by atoms with Gasteiger partial charge < -0.3 is 14.9 Å². The van der Waals surface area contributed by atoms with Gasteiger partial charge in [0, 0.05) is 12.5 Å². The standard InChI is InChI=1S/C31H54O3/c1-20(2)9-8-10-21(3)24-13-14-26-23-11-12-25-22(4)28(33)31(18-32,19-34-7)17-30(25,6)27(23)15-16-29(24,26)5/h20-21,23-28,32-33H,4,8-19H2,1-3,5-7H3/t21-,23+,24-,25+,26+,27+,28-,29-,30+,31+/m1/s1. The van der Waals surface area contributed by atoms with Gasteiger partial charge in [0.2, 0.25) is 0 Å². The van der Waals surface area contributed by atoms with Gasteiger partial charge in [-0.15, -0.1) is 0 Å². The van der Waals surface area contributed by atoms with E-state index in [2.05, 4.69) is 41.2 Å². The normalized spacial score (nSPS) is 47.3. The summed E-state index contributed by atoms with van der Waals surface area (Å²) in [4.78, 5) is 0. The lowest BCUT2D eigenvalue weighted by Gasteiger charge is -2.64. The average Bonchev–Trinajstić information content (AvgIpc) is 3.14. The Balaban J connectivity index is 1.55. The second-order valence-corrected chi connectivity index (χ2v) is 14.2. The van der Waals surface area contributed by atoms with Crippen molar-refractivity contribution in [3.8, 4) is 0 Å². The maximum atomic E-state index is 11.2. The number of fused-ring (bicyclic) bond motifs is 5. The Hall–Kier alpha value is -0.380. The molecule has 0 aromatic heterocycles. The van der Waals surface area contributed by atoms with Crippen LogP contribution in [0, 0.1) is 57.7 Å². The molecule has 4 rings (SSSR count). The molecule has 4 fully saturated rings. The third-order valence-corrected chi connectivity index (χ3v) is 11.9. The van der Waals surface area contributed by atoms with Gasteiger partial charge in [-0.1, -0.05) is 60.5 Å². The molecule has 4 aliphatic carbocycles. The highest BCUT2D eigenvalue weighted by Gasteiger charge is 2.64. The molecule has 0 unspecified atom stereocenters. The predicted molar refractivity (Wildman–Crippen MR) is 140 cm³/mol. The van der Waals surface area contributed by atoms with Crippen LogP contribution in [0.25, 0.3) is 0 Å². The molecular formula is C31H54O3. The molecule has 0 aromatic carbocycles. The maximum Gasteiger partial charge on any atom is 0.0850 e. The van der Waals surface area contributed by atoms with Crippen molar-refractivity contribution in [2.75, 3.05) is 20.3 Å². The van der Waals surface area contributed by atoms with Crippen LogP contribution in [0.15, 0.2) is 12.2 Å². The number of aliphatic hydroxyl groups excluding tert-OH is 2. The Bertz CT molecular complexity index is 732. The van der Waals surface area contributed by atoms with E-state index < -0.39 is 11.5 Å². The largest absolute Gasteiger partial charge is 0.396 e. The van der Waals surface area contributed by atoms with E-state index in [1.807, 2.05) is 0 Å². The molecule has 4 saturated carbocycles. The number of aliphatic hydroxyl groups is 2. The van der Waals surface area contributed by atoms with E-state index in [0.717, 1.165) is 48.0 Å². The summed E-state index contributed by atoms with van der Waals surface area (Å²) in [5.74, 6) is 5.21. The van der Waals surface area contributed by atoms with E-state index in [4.69, 9.17) is 4.74 Å². The van der Waals surface area contributed by atoms with Gasteiger partial charge in [-0.2, -0.15) is 0 Å². The van der Waals surface area contributed by atoms with Gasteiger partial charge >= 0.3 is 0 Å². The third-order valence-electron chi connectivity index (χ3n) is 11.9. The van der Waals surface area contributed by atoms with E-state index >= 15 is 0 Å². The van der Waals surface area contributed by atoms with Crippen LogP contribution in [0.5, 0.6) is 0 Å². The van der Waals surface area contributed by atoms with Crippen LogP contribution in [0.4, 0.5) is 0 Å². The average molecular weight is 475 g/mol. The molecule has 34 heavy (non-hydrogen) atoms. The molecule has 0 spiro atoms. The Kier molecular flexibility index (Phi) is 7.71. The summed E-state index contributed by atoms with van der Waals surface area (Å²) < 4.78 is 5.57. The molecule has 196 valence electrons. The van der Waals surface area contributed by atoms with Crippen molar-refractivity contribution < 1.29 is 14.9 Å². The quantitative estimate of drug-likeness (QED) is 0.377. The SMILES string of the molecule is C=C1[C@@H](O)[C@@](CO)(COC)C[C@@]2(C)[C@H]1CC[C@@H]1[C@@H]2CC[C@]2(C)[C@@H]([C@H](C)CCCC(C)C)CC[C@@H]12. The number of hydrogen-bond donors (Lipinski definition) is 2. The predicted octanol–water partition coefficient (Wildman–Crippen LogP) is 6.87. The van der Waals surface area contributed by atoms with Crippen molar-refractivity contribution >= 4 is 0 Å². The smallest absolute Gasteiger partial charge is 0.0850 e. The number of ether oxygens (including phenoxy) is 1. The minimum atomic E-state index is -0.663. The summed E-state index contributed by atoms with van der Waals surface area (Å²) in [5.41, 5.74) is 0.952. The van der Waals surface area contributed by atoms with Gasteiger partial charge in [-0.05, 0) is 103 Å². The molecule has 0 aliphatic heterocycles. The summed E-state index contributed by atoms with van der Waals surface area (Å²) in [6.45, 7) is 17.2. The van der Waals surface area contributed by atoms with Crippen LogP contribution in [0.1, 0.15) is 98.8 Å². The summed E-state index contributed by atoms with van der Waals surface area (Å²) >= 11 is 0. The first kappa shape index (κ1) is 26.7. The molecular weight excluding hydrogens is 420 g/mol. The number of rotatable bonds is 8. The fraction of sp³-hybridized carbons (Fsp3) is 0.935. The highest BCUT2D eigenvalue weighted by Crippen LogP contribution is 2.70. The molecule has 0 aromatic rings.